The molecule has 1 aliphatic rings. The Hall–Kier alpha value is -3.14. The zero-order valence-corrected chi connectivity index (χ0v) is 21.5. The van der Waals surface area contributed by atoms with Crippen LogP contribution in [0, 0.1) is 19.3 Å². The van der Waals surface area contributed by atoms with Crippen LogP contribution >= 0.6 is 0 Å². The highest BCUT2D eigenvalue weighted by molar-refractivity contribution is 5.96. The van der Waals surface area contributed by atoms with Gasteiger partial charge in [-0.1, -0.05) is 65.0 Å². The zero-order chi connectivity index (χ0) is 24.6. The average molecular weight is 457 g/mol. The first-order chi connectivity index (χ1) is 16.1. The number of benzene rings is 2. The number of hydrogen-bond donors (Lipinski definition) is 1. The molecule has 1 aromatic heterocycles. The molecule has 2 aromatic carbocycles. The number of carbonyl (C=O) groups is 1. The number of hydrogen-bond acceptors (Lipinski definition) is 3. The van der Waals surface area contributed by atoms with Crippen molar-refractivity contribution in [2.24, 2.45) is 5.41 Å². The van der Waals surface area contributed by atoms with Gasteiger partial charge in [-0.2, -0.15) is 0 Å². The first-order valence-corrected chi connectivity index (χ1v) is 12.2. The highest BCUT2D eigenvalue weighted by atomic mass is 16.5. The number of carbonyl (C=O) groups excluding carboxylic acids is 1. The lowest BCUT2D eigenvalue weighted by atomic mass is 9.84. The van der Waals surface area contributed by atoms with E-state index in [2.05, 4.69) is 83.0 Å². The normalized spacial score (nSPS) is 15.2. The minimum absolute atomic E-state index is 0.0300. The van der Waals surface area contributed by atoms with Gasteiger partial charge < -0.3 is 10.1 Å². The van der Waals surface area contributed by atoms with Gasteiger partial charge in [0.1, 0.15) is 5.75 Å². The average Bonchev–Trinajstić information content (AvgIpc) is 3.21. The molecule has 0 saturated carbocycles. The topological polar surface area (TPSA) is 51.2 Å². The minimum atomic E-state index is -0.0871. The van der Waals surface area contributed by atoms with Crippen LogP contribution in [0.15, 0.2) is 48.7 Å². The lowest BCUT2D eigenvalue weighted by Crippen LogP contribution is -2.21. The Balaban J connectivity index is 1.86. The molecule has 0 radical (unpaired) electrons. The van der Waals surface area contributed by atoms with Crippen molar-refractivity contribution in [3.63, 3.8) is 0 Å². The van der Waals surface area contributed by atoms with Gasteiger partial charge in [0, 0.05) is 35.3 Å². The molecule has 34 heavy (non-hydrogen) atoms. The fraction of sp³-hybridized carbons (Fsp3) is 0.400. The van der Waals surface area contributed by atoms with Gasteiger partial charge in [-0.25, -0.2) is 0 Å². The smallest absolute Gasteiger partial charge is 0.224 e. The highest BCUT2D eigenvalue weighted by Gasteiger charge is 2.34. The monoisotopic (exact) mass is 456 g/mol. The molecule has 1 amide bonds. The van der Waals surface area contributed by atoms with Crippen molar-refractivity contribution < 1.29 is 9.53 Å². The van der Waals surface area contributed by atoms with E-state index < -0.39 is 0 Å². The fourth-order valence-electron chi connectivity index (χ4n) is 4.88. The summed E-state index contributed by atoms with van der Waals surface area (Å²) in [6, 6.07) is 14.8. The largest absolute Gasteiger partial charge is 0.492 e. The molecule has 0 fully saturated rings. The summed E-state index contributed by atoms with van der Waals surface area (Å²) in [5.74, 6) is 1.52. The van der Waals surface area contributed by atoms with Gasteiger partial charge in [-0.05, 0) is 59.6 Å². The molecule has 1 N–H and O–H groups in total. The van der Waals surface area contributed by atoms with Crippen molar-refractivity contribution >= 4 is 11.6 Å². The van der Waals surface area contributed by atoms with Crippen LogP contribution in [0.5, 0.6) is 5.75 Å². The van der Waals surface area contributed by atoms with Crippen molar-refractivity contribution in [3.8, 4) is 17.0 Å². The summed E-state index contributed by atoms with van der Waals surface area (Å²) in [6.07, 6.45) is 2.26. The molecule has 4 nitrogen and oxygen atoms in total. The maximum absolute atomic E-state index is 13.0. The van der Waals surface area contributed by atoms with Crippen LogP contribution in [0.25, 0.3) is 11.3 Å². The number of ether oxygens (including phenoxy) is 1. The molecule has 4 rings (SSSR count). The van der Waals surface area contributed by atoms with Gasteiger partial charge in [-0.15, -0.1) is 0 Å². The first-order valence-electron chi connectivity index (χ1n) is 12.2. The lowest BCUT2D eigenvalue weighted by molar-refractivity contribution is -0.117. The molecule has 2 heterocycles. The van der Waals surface area contributed by atoms with Crippen molar-refractivity contribution in [3.05, 3.63) is 76.5 Å². The molecule has 178 valence electrons. The Labute approximate surface area is 203 Å². The quantitative estimate of drug-likeness (QED) is 0.435. The Morgan fingerprint density at radius 1 is 1.09 bits per heavy atom. The first kappa shape index (κ1) is 24.0. The summed E-state index contributed by atoms with van der Waals surface area (Å²) < 4.78 is 6.38. The molecule has 0 aliphatic carbocycles. The molecule has 1 unspecified atom stereocenters. The van der Waals surface area contributed by atoms with E-state index in [1.807, 2.05) is 18.2 Å². The number of fused-ring (bicyclic) bond motifs is 1. The Bertz CT molecular complexity index is 1190. The third-order valence-electron chi connectivity index (χ3n) is 6.63. The number of pyridine rings is 1. The fourth-order valence-corrected chi connectivity index (χ4v) is 4.88. The third-order valence-corrected chi connectivity index (χ3v) is 6.63. The van der Waals surface area contributed by atoms with Crippen LogP contribution in [-0.2, 0) is 4.79 Å². The van der Waals surface area contributed by atoms with E-state index in [9.17, 15) is 4.79 Å². The van der Waals surface area contributed by atoms with E-state index in [-0.39, 0.29) is 17.2 Å². The molecular formula is C30H36N2O2. The second-order valence-electron chi connectivity index (χ2n) is 10.9. The lowest BCUT2D eigenvalue weighted by Gasteiger charge is -2.23. The molecule has 4 heteroatoms. The van der Waals surface area contributed by atoms with Crippen LogP contribution in [0.4, 0.5) is 5.69 Å². The molecule has 0 saturated heterocycles. The van der Waals surface area contributed by atoms with Gasteiger partial charge in [0.05, 0.1) is 12.3 Å². The van der Waals surface area contributed by atoms with Crippen molar-refractivity contribution in [1.29, 1.82) is 0 Å². The molecular weight excluding hydrogens is 420 g/mol. The molecule has 3 aromatic rings. The van der Waals surface area contributed by atoms with Gasteiger partial charge in [0.15, 0.2) is 0 Å². The van der Waals surface area contributed by atoms with E-state index >= 15 is 0 Å². The summed E-state index contributed by atoms with van der Waals surface area (Å²) in [5.41, 5.74) is 8.39. The SMILES string of the molecule is Cc1c(NC(=O)CC(C)(C)C)c(C)c2c(c1-c1ccccn1)OCC2c1ccc(C(C)C)cc1. The number of anilines is 1. The molecule has 0 bridgehead atoms. The summed E-state index contributed by atoms with van der Waals surface area (Å²) in [5, 5.41) is 3.25. The second-order valence-corrected chi connectivity index (χ2v) is 10.9. The van der Waals surface area contributed by atoms with Crippen LogP contribution in [0.1, 0.15) is 80.7 Å². The van der Waals surface area contributed by atoms with E-state index in [1.165, 1.54) is 11.1 Å². The number of amides is 1. The van der Waals surface area contributed by atoms with E-state index in [1.54, 1.807) is 6.20 Å². The van der Waals surface area contributed by atoms with E-state index in [0.29, 0.717) is 18.9 Å². The summed E-state index contributed by atoms with van der Waals surface area (Å²) in [7, 11) is 0. The Kier molecular flexibility index (Phi) is 6.53. The van der Waals surface area contributed by atoms with Crippen LogP contribution < -0.4 is 10.1 Å². The summed E-state index contributed by atoms with van der Waals surface area (Å²) >= 11 is 0. The van der Waals surface area contributed by atoms with Gasteiger partial charge in [-0.3, -0.25) is 9.78 Å². The van der Waals surface area contributed by atoms with E-state index in [0.717, 1.165) is 39.4 Å². The number of nitrogens with one attached hydrogen (secondary N) is 1. The van der Waals surface area contributed by atoms with Gasteiger partial charge in [0.2, 0.25) is 5.91 Å². The summed E-state index contributed by atoms with van der Waals surface area (Å²) in [6.45, 7) is 15.4. The summed E-state index contributed by atoms with van der Waals surface area (Å²) in [4.78, 5) is 17.6. The number of aromatic nitrogens is 1. The van der Waals surface area contributed by atoms with Gasteiger partial charge in [0.25, 0.3) is 0 Å². The maximum atomic E-state index is 13.0. The Morgan fingerprint density at radius 2 is 1.79 bits per heavy atom. The van der Waals surface area contributed by atoms with Gasteiger partial charge >= 0.3 is 0 Å². The predicted octanol–water partition coefficient (Wildman–Crippen LogP) is 7.39. The van der Waals surface area contributed by atoms with E-state index in [4.69, 9.17) is 4.74 Å². The predicted molar refractivity (Wildman–Crippen MR) is 140 cm³/mol. The third kappa shape index (κ3) is 4.72. The van der Waals surface area contributed by atoms with Crippen molar-refractivity contribution in [1.82, 2.24) is 4.98 Å². The van der Waals surface area contributed by atoms with Crippen molar-refractivity contribution in [2.75, 3.05) is 11.9 Å². The Morgan fingerprint density at radius 3 is 2.38 bits per heavy atom. The second kappa shape index (κ2) is 9.25. The maximum Gasteiger partial charge on any atom is 0.224 e. The van der Waals surface area contributed by atoms with Crippen LogP contribution in [0.2, 0.25) is 0 Å². The number of nitrogens with zero attached hydrogens (tertiary/aromatic N) is 1. The minimum Gasteiger partial charge on any atom is -0.492 e. The van der Waals surface area contributed by atoms with Crippen LogP contribution in [-0.4, -0.2) is 17.5 Å². The standard InChI is InChI=1S/C30H36N2O2/c1-18(2)21-11-13-22(14-12-21)23-17-34-29-26(23)19(3)28(32-25(33)16-30(5,6)7)20(4)27(29)24-10-8-9-15-31-24/h8-15,18,23H,16-17H2,1-7H3,(H,32,33). The van der Waals surface area contributed by atoms with Crippen molar-refractivity contribution in [2.45, 2.75) is 66.7 Å². The van der Waals surface area contributed by atoms with Crippen LogP contribution in [0.3, 0.4) is 0 Å². The molecule has 0 spiro atoms. The molecule has 1 atom stereocenters. The highest BCUT2D eigenvalue weighted by Crippen LogP contribution is 2.50. The zero-order valence-electron chi connectivity index (χ0n) is 21.5. The number of rotatable bonds is 5. The molecule has 1 aliphatic heterocycles.